The van der Waals surface area contributed by atoms with Gasteiger partial charge in [0.1, 0.15) is 0 Å². The van der Waals surface area contributed by atoms with Gasteiger partial charge in [0.25, 0.3) is 0 Å². The quantitative estimate of drug-likeness (QED) is 0.874. The van der Waals surface area contributed by atoms with E-state index in [0.29, 0.717) is 16.7 Å². The molecule has 0 aliphatic carbocycles. The van der Waals surface area contributed by atoms with E-state index in [1.165, 1.54) is 0 Å². The van der Waals surface area contributed by atoms with Crippen LogP contribution in [0.3, 0.4) is 0 Å². The van der Waals surface area contributed by atoms with Gasteiger partial charge in [-0.1, -0.05) is 43.8 Å². The number of thioether (sulfide) groups is 1. The molecular formula is C15H18N4OS. The van der Waals surface area contributed by atoms with Crippen molar-refractivity contribution in [3.63, 3.8) is 0 Å². The van der Waals surface area contributed by atoms with Crippen LogP contribution in [-0.2, 0) is 0 Å². The van der Waals surface area contributed by atoms with E-state index in [4.69, 9.17) is 4.74 Å². The summed E-state index contributed by atoms with van der Waals surface area (Å²) in [4.78, 5) is 4.53. The maximum absolute atomic E-state index is 6.13. The molecule has 21 heavy (non-hydrogen) atoms. The zero-order valence-electron chi connectivity index (χ0n) is 12.4. The van der Waals surface area contributed by atoms with E-state index >= 15 is 0 Å². The number of anilines is 1. The van der Waals surface area contributed by atoms with Crippen LogP contribution in [0.1, 0.15) is 27.2 Å². The van der Waals surface area contributed by atoms with E-state index in [2.05, 4.69) is 34.3 Å². The number of hydrogen-bond donors (Lipinski definition) is 1. The molecule has 1 aromatic heterocycles. The topological polar surface area (TPSA) is 59.9 Å². The van der Waals surface area contributed by atoms with Crippen molar-refractivity contribution in [1.29, 1.82) is 0 Å². The van der Waals surface area contributed by atoms with Crippen LogP contribution in [0.2, 0.25) is 0 Å². The summed E-state index contributed by atoms with van der Waals surface area (Å²) in [6, 6.07) is 8.01. The number of hydrogen-bond acceptors (Lipinski definition) is 6. The summed E-state index contributed by atoms with van der Waals surface area (Å²) in [5.74, 6) is 1.45. The van der Waals surface area contributed by atoms with Gasteiger partial charge in [0.05, 0.1) is 0 Å². The second-order valence-electron chi connectivity index (χ2n) is 5.04. The van der Waals surface area contributed by atoms with E-state index in [1.807, 2.05) is 31.2 Å². The van der Waals surface area contributed by atoms with Crippen LogP contribution in [-0.4, -0.2) is 26.7 Å². The van der Waals surface area contributed by atoms with Gasteiger partial charge in [0.15, 0.2) is 11.4 Å². The SMILES string of the molecule is CCSc1nnc2c(n1)O[C@@](C)(CC)Nc1ccccc1-2. The molecule has 1 aliphatic heterocycles. The molecular weight excluding hydrogens is 284 g/mol. The van der Waals surface area contributed by atoms with Gasteiger partial charge in [-0.05, 0) is 18.7 Å². The number of nitrogens with one attached hydrogen (secondary N) is 1. The Labute approximate surface area is 128 Å². The first kappa shape index (κ1) is 14.1. The molecule has 2 heterocycles. The summed E-state index contributed by atoms with van der Waals surface area (Å²) in [7, 11) is 0. The highest BCUT2D eigenvalue weighted by molar-refractivity contribution is 7.99. The fourth-order valence-electron chi connectivity index (χ4n) is 2.21. The predicted molar refractivity (Wildman–Crippen MR) is 84.6 cm³/mol. The summed E-state index contributed by atoms with van der Waals surface area (Å²) in [6.07, 6.45) is 0.807. The van der Waals surface area contributed by atoms with Gasteiger partial charge in [-0.3, -0.25) is 0 Å². The Morgan fingerprint density at radius 2 is 2.05 bits per heavy atom. The van der Waals surface area contributed by atoms with E-state index in [9.17, 15) is 0 Å². The second-order valence-corrected chi connectivity index (χ2v) is 6.27. The number of nitrogens with zero attached hydrogens (tertiary/aromatic N) is 3. The molecule has 1 aliphatic rings. The first-order valence-corrected chi connectivity index (χ1v) is 8.08. The highest BCUT2D eigenvalue weighted by Gasteiger charge is 2.32. The standard InChI is InChI=1S/C15H18N4OS/c1-4-15(3)17-11-9-7-6-8-10(11)12-13(20-15)16-14(19-18-12)21-5-2/h6-9,17H,4-5H2,1-3H3/t15-/m0/s1. The Balaban J connectivity index is 2.16. The van der Waals surface area contributed by atoms with Gasteiger partial charge in [-0.25, -0.2) is 0 Å². The largest absolute Gasteiger partial charge is 0.450 e. The second kappa shape index (κ2) is 5.52. The minimum absolute atomic E-state index is 0.508. The van der Waals surface area contributed by atoms with E-state index < -0.39 is 5.72 Å². The number of aromatic nitrogens is 3. The third kappa shape index (κ3) is 2.68. The maximum Gasteiger partial charge on any atom is 0.247 e. The van der Waals surface area contributed by atoms with Gasteiger partial charge >= 0.3 is 0 Å². The fraction of sp³-hybridized carbons (Fsp3) is 0.400. The lowest BCUT2D eigenvalue weighted by molar-refractivity contribution is 0.109. The average molecular weight is 302 g/mol. The Morgan fingerprint density at radius 3 is 2.81 bits per heavy atom. The van der Waals surface area contributed by atoms with Crippen molar-refractivity contribution in [1.82, 2.24) is 15.2 Å². The summed E-state index contributed by atoms with van der Waals surface area (Å²) in [5.41, 5.74) is 2.15. The van der Waals surface area contributed by atoms with Crippen molar-refractivity contribution in [3.8, 4) is 17.1 Å². The molecule has 0 saturated carbocycles. The molecule has 0 bridgehead atoms. The Hall–Kier alpha value is -1.82. The van der Waals surface area contributed by atoms with Crippen molar-refractivity contribution in [2.75, 3.05) is 11.1 Å². The van der Waals surface area contributed by atoms with Gasteiger partial charge in [0.2, 0.25) is 11.0 Å². The van der Waals surface area contributed by atoms with Crippen LogP contribution >= 0.6 is 11.8 Å². The monoisotopic (exact) mass is 302 g/mol. The molecule has 2 aromatic rings. The normalized spacial score (nSPS) is 19.8. The first-order chi connectivity index (χ1) is 10.1. The number of para-hydroxylation sites is 1. The Morgan fingerprint density at radius 1 is 1.24 bits per heavy atom. The van der Waals surface area contributed by atoms with Crippen molar-refractivity contribution in [2.45, 2.75) is 38.1 Å². The van der Waals surface area contributed by atoms with Crippen molar-refractivity contribution in [3.05, 3.63) is 24.3 Å². The fourth-order valence-corrected chi connectivity index (χ4v) is 2.72. The van der Waals surface area contributed by atoms with Crippen LogP contribution in [0, 0.1) is 0 Å². The summed E-state index contributed by atoms with van der Waals surface area (Å²) < 4.78 is 6.13. The minimum atomic E-state index is -0.508. The van der Waals surface area contributed by atoms with Crippen molar-refractivity contribution in [2.24, 2.45) is 0 Å². The molecule has 6 heteroatoms. The number of fused-ring (bicyclic) bond motifs is 3. The Bertz CT molecular complexity index is 664. The highest BCUT2D eigenvalue weighted by Crippen LogP contribution is 2.39. The third-order valence-electron chi connectivity index (χ3n) is 3.49. The highest BCUT2D eigenvalue weighted by atomic mass is 32.2. The van der Waals surface area contributed by atoms with Crippen LogP contribution in [0.15, 0.2) is 29.4 Å². The van der Waals surface area contributed by atoms with E-state index in [1.54, 1.807) is 11.8 Å². The van der Waals surface area contributed by atoms with Crippen molar-refractivity contribution >= 4 is 17.4 Å². The number of benzene rings is 1. The van der Waals surface area contributed by atoms with Gasteiger partial charge in [-0.2, -0.15) is 4.98 Å². The maximum atomic E-state index is 6.13. The molecule has 0 spiro atoms. The van der Waals surface area contributed by atoms with Crippen LogP contribution < -0.4 is 10.1 Å². The first-order valence-electron chi connectivity index (χ1n) is 7.09. The minimum Gasteiger partial charge on any atom is -0.450 e. The molecule has 0 unspecified atom stereocenters. The third-order valence-corrected chi connectivity index (χ3v) is 4.21. The molecule has 0 amide bonds. The molecule has 5 nitrogen and oxygen atoms in total. The van der Waals surface area contributed by atoms with Crippen LogP contribution in [0.25, 0.3) is 11.3 Å². The molecule has 1 aromatic carbocycles. The molecule has 0 saturated heterocycles. The van der Waals surface area contributed by atoms with Gasteiger partial charge in [0, 0.05) is 17.7 Å². The predicted octanol–water partition coefficient (Wildman–Crippen LogP) is 3.58. The van der Waals surface area contributed by atoms with Gasteiger partial charge in [-0.15, -0.1) is 10.2 Å². The zero-order chi connectivity index (χ0) is 14.9. The lowest BCUT2D eigenvalue weighted by atomic mass is 10.1. The smallest absolute Gasteiger partial charge is 0.247 e. The van der Waals surface area contributed by atoms with E-state index in [0.717, 1.165) is 23.4 Å². The molecule has 1 N–H and O–H groups in total. The van der Waals surface area contributed by atoms with E-state index in [-0.39, 0.29) is 0 Å². The molecule has 110 valence electrons. The lowest BCUT2D eigenvalue weighted by Gasteiger charge is -2.29. The lowest BCUT2D eigenvalue weighted by Crippen LogP contribution is -2.40. The van der Waals surface area contributed by atoms with Crippen LogP contribution in [0.5, 0.6) is 5.88 Å². The average Bonchev–Trinajstić information content (AvgIpc) is 2.61. The molecule has 1 atom stereocenters. The zero-order valence-corrected chi connectivity index (χ0v) is 13.2. The summed E-state index contributed by atoms with van der Waals surface area (Å²) in [5, 5.41) is 12.6. The van der Waals surface area contributed by atoms with Gasteiger partial charge < -0.3 is 10.1 Å². The van der Waals surface area contributed by atoms with Crippen molar-refractivity contribution < 1.29 is 4.74 Å². The summed E-state index contributed by atoms with van der Waals surface area (Å²) >= 11 is 1.56. The number of rotatable bonds is 3. The molecule has 3 rings (SSSR count). The van der Waals surface area contributed by atoms with Crippen LogP contribution in [0.4, 0.5) is 5.69 Å². The molecule has 0 fully saturated rings. The Kier molecular flexibility index (Phi) is 3.71. The molecule has 0 radical (unpaired) electrons. The summed E-state index contributed by atoms with van der Waals surface area (Å²) in [6.45, 7) is 6.16. The number of ether oxygens (including phenoxy) is 1.